The van der Waals surface area contributed by atoms with Gasteiger partial charge in [0, 0.05) is 22.2 Å². The highest BCUT2D eigenvalue weighted by Gasteiger charge is 2.20. The van der Waals surface area contributed by atoms with E-state index in [-0.39, 0.29) is 6.10 Å². The maximum absolute atomic E-state index is 6.26. The van der Waals surface area contributed by atoms with E-state index in [0.717, 1.165) is 25.9 Å². The van der Waals surface area contributed by atoms with Crippen LogP contribution in [0.5, 0.6) is 0 Å². The van der Waals surface area contributed by atoms with Gasteiger partial charge in [0.1, 0.15) is 0 Å². The summed E-state index contributed by atoms with van der Waals surface area (Å²) in [7, 11) is 0. The van der Waals surface area contributed by atoms with Gasteiger partial charge in [-0.2, -0.15) is 0 Å². The van der Waals surface area contributed by atoms with Crippen molar-refractivity contribution in [3.63, 3.8) is 0 Å². The second-order valence-corrected chi connectivity index (χ2v) is 5.44. The largest absolute Gasteiger partial charge is 0.370 e. The van der Waals surface area contributed by atoms with Gasteiger partial charge in [0.25, 0.3) is 0 Å². The predicted octanol–water partition coefficient (Wildman–Crippen LogP) is 3.31. The maximum Gasteiger partial charge on any atom is 0.0823 e. The van der Waals surface area contributed by atoms with Gasteiger partial charge in [-0.25, -0.2) is 0 Å². The molecule has 0 saturated carbocycles. The van der Waals surface area contributed by atoms with Crippen LogP contribution in [0.3, 0.4) is 0 Å². The number of aromatic nitrogens is 1. The van der Waals surface area contributed by atoms with Crippen LogP contribution in [0.25, 0.3) is 10.9 Å². The maximum atomic E-state index is 6.26. The highest BCUT2D eigenvalue weighted by molar-refractivity contribution is 5.84. The summed E-state index contributed by atoms with van der Waals surface area (Å²) >= 11 is 0. The summed E-state index contributed by atoms with van der Waals surface area (Å²) in [5, 5.41) is 4.67. The average molecular weight is 258 g/mol. The van der Waals surface area contributed by atoms with Crippen molar-refractivity contribution in [2.75, 3.05) is 13.1 Å². The van der Waals surface area contributed by atoms with Gasteiger partial charge in [-0.3, -0.25) is 0 Å². The lowest BCUT2D eigenvalue weighted by Crippen LogP contribution is -2.33. The number of hydrogen-bond donors (Lipinski definition) is 2. The topological polar surface area (TPSA) is 37.0 Å². The number of ether oxygens (including phenoxy) is 1. The Morgan fingerprint density at radius 2 is 1.95 bits per heavy atom. The molecule has 3 heteroatoms. The molecule has 0 radical (unpaired) electrons. The Bertz CT molecular complexity index is 555. The molecule has 1 fully saturated rings. The monoisotopic (exact) mass is 258 g/mol. The summed E-state index contributed by atoms with van der Waals surface area (Å²) in [6.45, 7) is 6.46. The van der Waals surface area contributed by atoms with Gasteiger partial charge >= 0.3 is 0 Å². The second kappa shape index (κ2) is 5.35. The third-order valence-corrected chi connectivity index (χ3v) is 4.03. The minimum Gasteiger partial charge on any atom is -0.370 e. The molecule has 3 nitrogen and oxygen atoms in total. The van der Waals surface area contributed by atoms with Crippen molar-refractivity contribution in [1.29, 1.82) is 0 Å². The van der Waals surface area contributed by atoms with E-state index in [0.29, 0.717) is 6.10 Å². The SMILES string of the molecule is Cc1[nH]c2ccccc2c1C(C)OC1CCNCC1. The molecule has 102 valence electrons. The number of H-pyrrole nitrogens is 1. The number of aryl methyl sites for hydroxylation is 1. The Hall–Kier alpha value is -1.32. The van der Waals surface area contributed by atoms with Gasteiger partial charge in [-0.1, -0.05) is 18.2 Å². The molecule has 2 N–H and O–H groups in total. The molecule has 2 heterocycles. The average Bonchev–Trinajstić information content (AvgIpc) is 2.75. The van der Waals surface area contributed by atoms with Crippen LogP contribution in [0.1, 0.15) is 37.1 Å². The minimum absolute atomic E-state index is 0.152. The molecule has 1 aliphatic heterocycles. The van der Waals surface area contributed by atoms with E-state index in [9.17, 15) is 0 Å². The highest BCUT2D eigenvalue weighted by Crippen LogP contribution is 2.31. The number of para-hydroxylation sites is 1. The van der Waals surface area contributed by atoms with Crippen LogP contribution in [0.2, 0.25) is 0 Å². The van der Waals surface area contributed by atoms with Crippen LogP contribution in [0.15, 0.2) is 24.3 Å². The predicted molar refractivity (Wildman–Crippen MR) is 78.4 cm³/mol. The lowest BCUT2D eigenvalue weighted by Gasteiger charge is -2.26. The molecule has 3 rings (SSSR count). The molecule has 19 heavy (non-hydrogen) atoms. The number of piperidine rings is 1. The van der Waals surface area contributed by atoms with Gasteiger partial charge < -0.3 is 15.0 Å². The van der Waals surface area contributed by atoms with Crippen molar-refractivity contribution >= 4 is 10.9 Å². The van der Waals surface area contributed by atoms with Crippen LogP contribution in [0.4, 0.5) is 0 Å². The Morgan fingerprint density at radius 1 is 1.21 bits per heavy atom. The summed E-state index contributed by atoms with van der Waals surface area (Å²) < 4.78 is 6.26. The van der Waals surface area contributed by atoms with E-state index in [1.54, 1.807) is 0 Å². The summed E-state index contributed by atoms with van der Waals surface area (Å²) in [6.07, 6.45) is 2.78. The Kier molecular flexibility index (Phi) is 3.58. The molecule has 0 aliphatic carbocycles. The molecule has 1 unspecified atom stereocenters. The van der Waals surface area contributed by atoms with Crippen molar-refractivity contribution in [3.05, 3.63) is 35.5 Å². The van der Waals surface area contributed by atoms with E-state index in [2.05, 4.69) is 48.4 Å². The molecule has 1 aromatic heterocycles. The zero-order valence-electron chi connectivity index (χ0n) is 11.7. The van der Waals surface area contributed by atoms with Crippen LogP contribution < -0.4 is 5.32 Å². The van der Waals surface area contributed by atoms with Gasteiger partial charge in [-0.15, -0.1) is 0 Å². The molecule has 1 aromatic carbocycles. The second-order valence-electron chi connectivity index (χ2n) is 5.44. The van der Waals surface area contributed by atoms with E-state index < -0.39 is 0 Å². The summed E-state index contributed by atoms with van der Waals surface area (Å²) in [4.78, 5) is 3.45. The van der Waals surface area contributed by atoms with Crippen molar-refractivity contribution < 1.29 is 4.74 Å². The van der Waals surface area contributed by atoms with Crippen LogP contribution in [0, 0.1) is 6.92 Å². The van der Waals surface area contributed by atoms with Gasteiger partial charge in [0.15, 0.2) is 0 Å². The molecule has 1 aliphatic rings. The summed E-state index contributed by atoms with van der Waals surface area (Å²) in [5.74, 6) is 0. The lowest BCUT2D eigenvalue weighted by molar-refractivity contribution is -0.0182. The number of nitrogens with one attached hydrogen (secondary N) is 2. The molecule has 2 aromatic rings. The smallest absolute Gasteiger partial charge is 0.0823 e. The molecule has 0 spiro atoms. The van der Waals surface area contributed by atoms with E-state index in [1.807, 2.05) is 0 Å². The number of aromatic amines is 1. The minimum atomic E-state index is 0.152. The van der Waals surface area contributed by atoms with Gasteiger partial charge in [0.05, 0.1) is 12.2 Å². The molecule has 0 bridgehead atoms. The zero-order chi connectivity index (χ0) is 13.2. The number of benzene rings is 1. The van der Waals surface area contributed by atoms with E-state index in [1.165, 1.54) is 22.2 Å². The fraction of sp³-hybridized carbons (Fsp3) is 0.500. The zero-order valence-corrected chi connectivity index (χ0v) is 11.7. The first-order valence-electron chi connectivity index (χ1n) is 7.19. The first kappa shape index (κ1) is 12.7. The quantitative estimate of drug-likeness (QED) is 0.886. The first-order valence-corrected chi connectivity index (χ1v) is 7.19. The molecule has 0 amide bonds. The summed E-state index contributed by atoms with van der Waals surface area (Å²) in [5.41, 5.74) is 3.74. The first-order chi connectivity index (χ1) is 9.25. The van der Waals surface area contributed by atoms with E-state index >= 15 is 0 Å². The summed E-state index contributed by atoms with van der Waals surface area (Å²) in [6, 6.07) is 8.47. The van der Waals surface area contributed by atoms with Crippen molar-refractivity contribution in [2.45, 2.75) is 38.9 Å². The van der Waals surface area contributed by atoms with Crippen molar-refractivity contribution in [3.8, 4) is 0 Å². The van der Waals surface area contributed by atoms with Crippen molar-refractivity contribution in [2.24, 2.45) is 0 Å². The normalized spacial score (nSPS) is 18.8. The molecule has 1 saturated heterocycles. The molecule has 1 atom stereocenters. The fourth-order valence-electron chi connectivity index (χ4n) is 3.11. The fourth-order valence-corrected chi connectivity index (χ4v) is 3.11. The Morgan fingerprint density at radius 3 is 2.74 bits per heavy atom. The molecular formula is C16H22N2O. The number of fused-ring (bicyclic) bond motifs is 1. The Balaban J connectivity index is 1.84. The highest BCUT2D eigenvalue weighted by atomic mass is 16.5. The van der Waals surface area contributed by atoms with Crippen LogP contribution in [-0.2, 0) is 4.74 Å². The van der Waals surface area contributed by atoms with Gasteiger partial charge in [-0.05, 0) is 45.8 Å². The van der Waals surface area contributed by atoms with Crippen LogP contribution >= 0.6 is 0 Å². The number of hydrogen-bond acceptors (Lipinski definition) is 2. The van der Waals surface area contributed by atoms with Gasteiger partial charge in [0.2, 0.25) is 0 Å². The standard InChI is InChI=1S/C16H22N2O/c1-11-16(14-5-3-4-6-15(14)18-11)12(2)19-13-7-9-17-10-8-13/h3-6,12-13,17-18H,7-10H2,1-2H3. The Labute approximate surface area is 114 Å². The molecular weight excluding hydrogens is 236 g/mol. The van der Waals surface area contributed by atoms with Crippen LogP contribution in [-0.4, -0.2) is 24.2 Å². The third kappa shape index (κ3) is 2.53. The van der Waals surface area contributed by atoms with E-state index in [4.69, 9.17) is 4.74 Å². The number of rotatable bonds is 3. The third-order valence-electron chi connectivity index (χ3n) is 4.03. The lowest BCUT2D eigenvalue weighted by atomic mass is 10.0. The van der Waals surface area contributed by atoms with Crippen molar-refractivity contribution in [1.82, 2.24) is 10.3 Å².